The Hall–Kier alpha value is -14.3. The standard InChI is InChI=1S/C51H31N3.C50H32N2/c52-32-33-13-14-39-29-43(24-20-38(39)27-33)54-49-12-6-4-10-45(49)47-31-41(22-26-51(47)54)36-17-15-35(16-18-36)40-21-25-50-46(30-40)44-9-3-5-11-48(44)53(50)42-23-19-34-7-1-2-8-37(34)28-42;1-3-15-39-35(11-1)13-9-21-45(39)51-47-19-7-5-17-41(47)43-31-37(27-29-49(43)51)33-23-25-34(26-24-33)38-28-30-50-44(32-38)42-18-6-8-20-48(42)52(50)46-22-10-14-36-12-2-4-16-40(36)46/h1-31H;1-32H. The smallest absolute Gasteiger partial charge is 0.0991 e. The average Bonchev–Trinajstić information content (AvgIpc) is 1.60. The van der Waals surface area contributed by atoms with E-state index >= 15 is 0 Å². The fourth-order valence-corrected chi connectivity index (χ4v) is 17.0. The second-order valence-corrected chi connectivity index (χ2v) is 27.9. The van der Waals surface area contributed by atoms with E-state index in [-0.39, 0.29) is 0 Å². The summed E-state index contributed by atoms with van der Waals surface area (Å²) < 4.78 is 9.59. The number of aromatic nitrogens is 4. The van der Waals surface area contributed by atoms with Gasteiger partial charge in [-0.15, -0.1) is 0 Å². The van der Waals surface area contributed by atoms with Gasteiger partial charge in [0, 0.05) is 65.2 Å². The highest BCUT2D eigenvalue weighted by molar-refractivity contribution is 6.15. The van der Waals surface area contributed by atoms with Gasteiger partial charge in [-0.2, -0.15) is 5.26 Å². The number of hydrogen-bond donors (Lipinski definition) is 0. The molecule has 5 nitrogen and oxygen atoms in total. The number of fused-ring (bicyclic) bond motifs is 16. The van der Waals surface area contributed by atoms with Crippen molar-refractivity contribution in [3.05, 3.63) is 388 Å². The molecule has 0 saturated heterocycles. The van der Waals surface area contributed by atoms with Crippen LogP contribution >= 0.6 is 0 Å². The molecule has 18 aromatic carbocycles. The van der Waals surface area contributed by atoms with E-state index < -0.39 is 0 Å². The van der Waals surface area contributed by atoms with Crippen LogP contribution in [0.4, 0.5) is 0 Å². The number of hydrogen-bond acceptors (Lipinski definition) is 1. The summed E-state index contributed by atoms with van der Waals surface area (Å²) in [4.78, 5) is 0. The average molecular weight is 1350 g/mol. The van der Waals surface area contributed by atoms with Crippen LogP contribution in [-0.2, 0) is 0 Å². The molecule has 0 aliphatic heterocycles. The Bertz CT molecular complexity index is 7170. The monoisotopic (exact) mass is 1350 g/mol. The molecule has 0 N–H and O–H groups in total. The minimum Gasteiger partial charge on any atom is -0.309 e. The Morgan fingerprint density at radius 1 is 0.170 bits per heavy atom. The van der Waals surface area contributed by atoms with Crippen LogP contribution in [0.15, 0.2) is 382 Å². The number of nitrogens with zero attached hydrogens (tertiary/aromatic N) is 5. The summed E-state index contributed by atoms with van der Waals surface area (Å²) in [5.41, 5.74) is 24.6. The van der Waals surface area contributed by atoms with E-state index in [1.54, 1.807) is 0 Å². The van der Waals surface area contributed by atoms with Crippen LogP contribution in [0.25, 0.3) is 198 Å². The Morgan fingerprint density at radius 2 is 0.443 bits per heavy atom. The summed E-state index contributed by atoms with van der Waals surface area (Å²) in [6, 6.07) is 141. The summed E-state index contributed by atoms with van der Waals surface area (Å²) >= 11 is 0. The molecule has 22 rings (SSSR count). The summed E-state index contributed by atoms with van der Waals surface area (Å²) in [6.45, 7) is 0. The Balaban J connectivity index is 0.000000136. The van der Waals surface area contributed by atoms with Gasteiger partial charge in [0.15, 0.2) is 0 Å². The quantitative estimate of drug-likeness (QED) is 0.150. The van der Waals surface area contributed by atoms with Crippen molar-refractivity contribution in [2.24, 2.45) is 0 Å². The number of para-hydroxylation sites is 4. The number of nitriles is 1. The van der Waals surface area contributed by atoms with Crippen LogP contribution in [0.5, 0.6) is 0 Å². The zero-order chi connectivity index (χ0) is 69.9. The van der Waals surface area contributed by atoms with Gasteiger partial charge < -0.3 is 18.3 Å². The zero-order valence-corrected chi connectivity index (χ0v) is 57.6. The largest absolute Gasteiger partial charge is 0.309 e. The van der Waals surface area contributed by atoms with Gasteiger partial charge in [-0.3, -0.25) is 0 Å². The maximum atomic E-state index is 9.38. The molecule has 0 spiro atoms. The lowest BCUT2D eigenvalue weighted by molar-refractivity contribution is 1.19. The fourth-order valence-electron chi connectivity index (χ4n) is 17.0. The summed E-state index contributed by atoms with van der Waals surface area (Å²) in [6.07, 6.45) is 0. The third kappa shape index (κ3) is 9.85. The fraction of sp³-hybridized carbons (Fsp3) is 0. The Morgan fingerprint density at radius 3 is 0.840 bits per heavy atom. The first-order valence-electron chi connectivity index (χ1n) is 36.2. The molecule has 4 aromatic heterocycles. The second-order valence-electron chi connectivity index (χ2n) is 27.9. The van der Waals surface area contributed by atoms with Gasteiger partial charge in [0.2, 0.25) is 0 Å². The predicted molar refractivity (Wildman–Crippen MR) is 447 cm³/mol. The summed E-state index contributed by atoms with van der Waals surface area (Å²) in [5.74, 6) is 0. The van der Waals surface area contributed by atoms with Crippen LogP contribution in [0.1, 0.15) is 5.56 Å². The lowest BCUT2D eigenvalue weighted by Crippen LogP contribution is -1.95. The minimum absolute atomic E-state index is 0.676. The Labute approximate surface area is 611 Å². The summed E-state index contributed by atoms with van der Waals surface area (Å²) in [5, 5.41) is 29.1. The molecule has 106 heavy (non-hydrogen) atoms. The molecule has 4 heterocycles. The molecule has 0 unspecified atom stereocenters. The molecular formula is C101H63N5. The van der Waals surface area contributed by atoms with E-state index in [2.05, 4.69) is 388 Å². The molecule has 0 atom stereocenters. The first-order chi connectivity index (χ1) is 52.5. The molecule has 0 radical (unpaired) electrons. The van der Waals surface area contributed by atoms with Crippen LogP contribution in [0.3, 0.4) is 0 Å². The van der Waals surface area contributed by atoms with Crippen LogP contribution in [0, 0.1) is 11.3 Å². The van der Waals surface area contributed by atoms with Gasteiger partial charge in [0.05, 0.1) is 67.1 Å². The maximum absolute atomic E-state index is 9.38. The van der Waals surface area contributed by atoms with Crippen molar-refractivity contribution < 1.29 is 0 Å². The highest BCUT2D eigenvalue weighted by Crippen LogP contribution is 2.43. The van der Waals surface area contributed by atoms with Gasteiger partial charge in [-0.25, -0.2) is 0 Å². The van der Waals surface area contributed by atoms with Crippen molar-refractivity contribution in [1.29, 1.82) is 5.26 Å². The molecular weight excluding hydrogens is 1280 g/mol. The molecule has 0 fully saturated rings. The lowest BCUT2D eigenvalue weighted by atomic mass is 9.98. The van der Waals surface area contributed by atoms with Gasteiger partial charge in [-0.05, 0) is 198 Å². The third-order valence-corrected chi connectivity index (χ3v) is 22.0. The van der Waals surface area contributed by atoms with Crippen LogP contribution in [-0.4, -0.2) is 18.3 Å². The van der Waals surface area contributed by atoms with E-state index in [0.717, 1.165) is 16.5 Å². The summed E-state index contributed by atoms with van der Waals surface area (Å²) in [7, 11) is 0. The SMILES string of the molecule is N#Cc1ccc2cc(-n3c4ccccc4c4cc(-c5ccc(-c6ccc7c(c6)c6ccccc6n7-c6ccc7ccccc7c6)cc5)ccc43)ccc2c1.c1ccc2c(-n3c4ccccc4c4cc(-c5ccc(-c6ccc7c(c6)c6ccccc6n7-c6cccc7ccccc67)cc5)ccc43)cccc2c1. The lowest BCUT2D eigenvalue weighted by Gasteiger charge is -2.12. The molecule has 0 bridgehead atoms. The highest BCUT2D eigenvalue weighted by Gasteiger charge is 2.21. The minimum atomic E-state index is 0.676. The first-order valence-corrected chi connectivity index (χ1v) is 36.2. The van der Waals surface area contributed by atoms with Crippen LogP contribution < -0.4 is 0 Å². The van der Waals surface area contributed by atoms with E-state index in [4.69, 9.17) is 0 Å². The van der Waals surface area contributed by atoms with Crippen molar-refractivity contribution in [2.45, 2.75) is 0 Å². The van der Waals surface area contributed by atoms with Gasteiger partial charge >= 0.3 is 0 Å². The normalized spacial score (nSPS) is 11.8. The van der Waals surface area contributed by atoms with E-state index in [0.29, 0.717) is 5.56 Å². The molecule has 0 amide bonds. The molecule has 492 valence electrons. The van der Waals surface area contributed by atoms with Gasteiger partial charge in [0.1, 0.15) is 0 Å². The van der Waals surface area contributed by atoms with Gasteiger partial charge in [0.25, 0.3) is 0 Å². The molecule has 5 heteroatoms. The van der Waals surface area contributed by atoms with Crippen molar-refractivity contribution in [2.75, 3.05) is 0 Å². The van der Waals surface area contributed by atoms with E-state index in [9.17, 15) is 5.26 Å². The van der Waals surface area contributed by atoms with Gasteiger partial charge in [-0.1, -0.05) is 261 Å². The highest BCUT2D eigenvalue weighted by atomic mass is 15.0. The van der Waals surface area contributed by atoms with E-state index in [1.165, 1.54) is 181 Å². The van der Waals surface area contributed by atoms with Crippen LogP contribution in [0.2, 0.25) is 0 Å². The van der Waals surface area contributed by atoms with E-state index in [1.807, 2.05) is 18.2 Å². The first kappa shape index (κ1) is 60.5. The molecule has 0 aliphatic rings. The van der Waals surface area contributed by atoms with Crippen molar-refractivity contribution in [3.8, 4) is 73.3 Å². The van der Waals surface area contributed by atoms with Crippen molar-refractivity contribution in [3.63, 3.8) is 0 Å². The molecule has 22 aromatic rings. The predicted octanol–water partition coefficient (Wildman–Crippen LogP) is 26.9. The third-order valence-electron chi connectivity index (χ3n) is 22.0. The Kier molecular flexibility index (Phi) is 14.0. The second kappa shape index (κ2) is 24.5. The zero-order valence-electron chi connectivity index (χ0n) is 57.6. The molecule has 0 aliphatic carbocycles. The molecule has 0 saturated carbocycles. The van der Waals surface area contributed by atoms with Crippen molar-refractivity contribution in [1.82, 2.24) is 18.3 Å². The maximum Gasteiger partial charge on any atom is 0.0991 e. The van der Waals surface area contributed by atoms with Crippen molar-refractivity contribution >= 4 is 130 Å². The number of benzene rings is 18. The number of rotatable bonds is 8. The topological polar surface area (TPSA) is 43.5 Å².